The largest absolute Gasteiger partial charge is 0.430 e. The molecular weight excluding hydrogens is 459 g/mol. The minimum atomic E-state index is -5.13. The molecule has 6 nitrogen and oxygen atoms in total. The van der Waals surface area contributed by atoms with Crippen molar-refractivity contribution in [3.63, 3.8) is 0 Å². The molecule has 0 aliphatic rings. The van der Waals surface area contributed by atoms with Crippen molar-refractivity contribution in [1.29, 1.82) is 5.41 Å². The number of amides is 1. The molecule has 1 heterocycles. The minimum Gasteiger partial charge on any atom is -0.365 e. The van der Waals surface area contributed by atoms with Crippen molar-refractivity contribution in [2.24, 2.45) is 10.7 Å². The molecular formula is C20H12ClF5N4O2. The van der Waals surface area contributed by atoms with Crippen molar-refractivity contribution in [2.45, 2.75) is 12.1 Å². The van der Waals surface area contributed by atoms with Gasteiger partial charge in [0.15, 0.2) is 5.76 Å². The Morgan fingerprint density at radius 3 is 2.47 bits per heavy atom. The first-order valence-electron chi connectivity index (χ1n) is 8.70. The van der Waals surface area contributed by atoms with Crippen LogP contribution in [0.2, 0.25) is 5.02 Å². The molecule has 0 spiro atoms. The predicted octanol–water partition coefficient (Wildman–Crippen LogP) is 5.44. The Bertz CT molecular complexity index is 1200. The zero-order valence-electron chi connectivity index (χ0n) is 15.8. The molecule has 0 aliphatic carbocycles. The fraction of sp³-hybridized carbons (Fsp3) is 0.100. The van der Waals surface area contributed by atoms with E-state index in [0.717, 1.165) is 30.3 Å². The normalized spacial score (nSPS) is 13.1. The summed E-state index contributed by atoms with van der Waals surface area (Å²) in [6.07, 6.45) is -4.84. The van der Waals surface area contributed by atoms with Gasteiger partial charge in [-0.3, -0.25) is 4.79 Å². The number of hydrogen-bond acceptors (Lipinski definition) is 5. The number of nitrogens with two attached hydrogens (primary N) is 1. The van der Waals surface area contributed by atoms with Gasteiger partial charge in [-0.2, -0.15) is 13.2 Å². The number of hydrogen-bond donors (Lipinski definition) is 2. The molecule has 0 bridgehead atoms. The summed E-state index contributed by atoms with van der Waals surface area (Å²) in [6, 6.07) is 7.51. The Hall–Kier alpha value is -3.60. The van der Waals surface area contributed by atoms with Crippen molar-refractivity contribution in [1.82, 2.24) is 5.16 Å². The first kappa shape index (κ1) is 23.1. The SMILES string of the molecule is N=CC(C(=Nc1cccc(F)c1)C(F)(F)F)c1onc(-c2c(F)cccc2Cl)c1C(N)=O. The molecule has 3 aromatic rings. The quantitative estimate of drug-likeness (QED) is 0.370. The smallest absolute Gasteiger partial charge is 0.365 e. The number of carbonyl (C=O) groups excluding carboxylic acids is 1. The number of carbonyl (C=O) groups is 1. The number of nitrogens with zero attached hydrogens (tertiary/aromatic N) is 2. The summed E-state index contributed by atoms with van der Waals surface area (Å²) in [7, 11) is 0. The maximum atomic E-state index is 14.3. The number of aromatic nitrogens is 1. The highest BCUT2D eigenvalue weighted by atomic mass is 35.5. The molecule has 3 N–H and O–H groups in total. The van der Waals surface area contributed by atoms with Gasteiger partial charge in [0.25, 0.3) is 5.91 Å². The number of rotatable bonds is 6. The lowest BCUT2D eigenvalue weighted by Crippen LogP contribution is -2.31. The Morgan fingerprint density at radius 2 is 1.91 bits per heavy atom. The van der Waals surface area contributed by atoms with Crippen LogP contribution in [0.1, 0.15) is 22.0 Å². The van der Waals surface area contributed by atoms with Crippen LogP contribution in [0, 0.1) is 17.0 Å². The molecule has 1 amide bonds. The Kier molecular flexibility index (Phi) is 6.40. The van der Waals surface area contributed by atoms with Crippen molar-refractivity contribution in [2.75, 3.05) is 0 Å². The number of primary amides is 1. The molecule has 12 heteroatoms. The maximum absolute atomic E-state index is 14.3. The number of nitrogens with one attached hydrogen (secondary N) is 1. The van der Waals surface area contributed by atoms with Gasteiger partial charge >= 0.3 is 6.18 Å². The lowest BCUT2D eigenvalue weighted by Gasteiger charge is -2.16. The molecule has 0 saturated carbocycles. The monoisotopic (exact) mass is 470 g/mol. The van der Waals surface area contributed by atoms with Crippen LogP contribution >= 0.6 is 11.6 Å². The van der Waals surface area contributed by atoms with Gasteiger partial charge in [-0.1, -0.05) is 28.9 Å². The van der Waals surface area contributed by atoms with E-state index in [1.807, 2.05) is 0 Å². The Morgan fingerprint density at radius 1 is 1.22 bits per heavy atom. The van der Waals surface area contributed by atoms with Gasteiger partial charge in [0.1, 0.15) is 34.5 Å². The van der Waals surface area contributed by atoms with E-state index in [2.05, 4.69) is 10.1 Å². The highest BCUT2D eigenvalue weighted by molar-refractivity contribution is 6.33. The van der Waals surface area contributed by atoms with E-state index in [4.69, 9.17) is 27.3 Å². The summed E-state index contributed by atoms with van der Waals surface area (Å²) in [5, 5.41) is 10.8. The third-order valence-corrected chi connectivity index (χ3v) is 4.57. The van der Waals surface area contributed by atoms with E-state index in [1.54, 1.807) is 0 Å². The molecule has 0 aliphatic heterocycles. The summed E-state index contributed by atoms with van der Waals surface area (Å²) < 4.78 is 74.2. The minimum absolute atomic E-state index is 0.205. The lowest BCUT2D eigenvalue weighted by atomic mass is 9.94. The zero-order valence-corrected chi connectivity index (χ0v) is 16.5. The summed E-state index contributed by atoms with van der Waals surface area (Å²) in [5.41, 5.74) is 1.65. The molecule has 3 rings (SSSR count). The number of aliphatic imine (C=N–C) groups is 1. The van der Waals surface area contributed by atoms with Crippen LogP contribution in [-0.2, 0) is 0 Å². The predicted molar refractivity (Wildman–Crippen MR) is 106 cm³/mol. The van der Waals surface area contributed by atoms with Crippen LogP contribution in [-0.4, -0.2) is 29.2 Å². The van der Waals surface area contributed by atoms with Gasteiger partial charge in [-0.25, -0.2) is 13.8 Å². The summed E-state index contributed by atoms with van der Waals surface area (Å²) in [6.45, 7) is 0. The second-order valence-corrected chi connectivity index (χ2v) is 6.76. The van der Waals surface area contributed by atoms with Gasteiger partial charge in [0, 0.05) is 6.21 Å². The first-order valence-corrected chi connectivity index (χ1v) is 9.08. The second kappa shape index (κ2) is 8.87. The van der Waals surface area contributed by atoms with E-state index in [0.29, 0.717) is 6.21 Å². The number of benzene rings is 2. The maximum Gasteiger partial charge on any atom is 0.430 e. The summed E-state index contributed by atoms with van der Waals surface area (Å²) in [4.78, 5) is 15.5. The molecule has 1 aromatic heterocycles. The van der Waals surface area contributed by atoms with Crippen molar-refractivity contribution in [3.05, 3.63) is 70.4 Å². The van der Waals surface area contributed by atoms with Crippen LogP contribution < -0.4 is 5.73 Å². The molecule has 32 heavy (non-hydrogen) atoms. The highest BCUT2D eigenvalue weighted by Crippen LogP contribution is 2.38. The first-order chi connectivity index (χ1) is 15.0. The van der Waals surface area contributed by atoms with Gasteiger partial charge < -0.3 is 15.7 Å². The number of alkyl halides is 3. The van der Waals surface area contributed by atoms with Crippen LogP contribution in [0.3, 0.4) is 0 Å². The van der Waals surface area contributed by atoms with Crippen molar-refractivity contribution >= 4 is 35.1 Å². The van der Waals surface area contributed by atoms with Crippen LogP contribution in [0.15, 0.2) is 52.0 Å². The lowest BCUT2D eigenvalue weighted by molar-refractivity contribution is -0.0607. The van der Waals surface area contributed by atoms with Gasteiger partial charge in [-0.15, -0.1) is 0 Å². The van der Waals surface area contributed by atoms with Crippen LogP contribution in [0.5, 0.6) is 0 Å². The van der Waals surface area contributed by atoms with Gasteiger partial charge in [0.05, 0.1) is 16.3 Å². The fourth-order valence-electron chi connectivity index (χ4n) is 2.92. The van der Waals surface area contributed by atoms with E-state index in [9.17, 15) is 26.7 Å². The standard InChI is InChI=1S/C20H12ClF5N4O2/c21-12-5-2-6-13(23)14(12)16-15(19(28)31)17(32-30-16)11(8-27)18(20(24,25)26)29-10-4-1-3-9(22)7-10/h1-8,11,27H,(H2,28,31). The van der Waals surface area contributed by atoms with E-state index < -0.39 is 63.6 Å². The van der Waals surface area contributed by atoms with Crippen LogP contribution in [0.25, 0.3) is 11.3 Å². The van der Waals surface area contributed by atoms with Crippen molar-refractivity contribution in [3.8, 4) is 11.3 Å². The molecule has 1 unspecified atom stereocenters. The third kappa shape index (κ3) is 4.52. The molecule has 166 valence electrons. The van der Waals surface area contributed by atoms with E-state index >= 15 is 0 Å². The molecule has 1 atom stereocenters. The number of halogens is 6. The van der Waals surface area contributed by atoms with E-state index in [-0.39, 0.29) is 5.02 Å². The Labute approximate surface area is 182 Å². The highest BCUT2D eigenvalue weighted by Gasteiger charge is 2.44. The molecule has 2 aromatic carbocycles. The van der Waals surface area contributed by atoms with Crippen molar-refractivity contribution < 1.29 is 31.3 Å². The van der Waals surface area contributed by atoms with Crippen LogP contribution in [0.4, 0.5) is 27.6 Å². The fourth-order valence-corrected chi connectivity index (χ4v) is 3.17. The molecule has 0 radical (unpaired) electrons. The molecule has 0 saturated heterocycles. The zero-order chi connectivity index (χ0) is 23.6. The summed E-state index contributed by atoms with van der Waals surface area (Å²) in [5.74, 6) is -5.97. The average Bonchev–Trinajstić information content (AvgIpc) is 3.12. The van der Waals surface area contributed by atoms with Gasteiger partial charge in [0.2, 0.25) is 0 Å². The second-order valence-electron chi connectivity index (χ2n) is 6.35. The molecule has 0 fully saturated rings. The third-order valence-electron chi connectivity index (χ3n) is 4.26. The van der Waals surface area contributed by atoms with Gasteiger partial charge in [-0.05, 0) is 30.3 Å². The topological polar surface area (TPSA) is 105 Å². The van der Waals surface area contributed by atoms with E-state index in [1.165, 1.54) is 12.1 Å². The average molecular weight is 471 g/mol. The summed E-state index contributed by atoms with van der Waals surface area (Å²) >= 11 is 5.96. The Balaban J connectivity index is 2.25.